The van der Waals surface area contributed by atoms with E-state index in [0.717, 1.165) is 115 Å². The van der Waals surface area contributed by atoms with E-state index < -0.39 is 11.9 Å². The van der Waals surface area contributed by atoms with Crippen LogP contribution in [0.3, 0.4) is 0 Å². The molecule has 3 aliphatic heterocycles. The average Bonchev–Trinajstić information content (AvgIpc) is 1.59. The van der Waals surface area contributed by atoms with Crippen molar-refractivity contribution in [2.75, 3.05) is 0 Å². The Hall–Kier alpha value is -9.38. The molecule has 6 heterocycles. The topological polar surface area (TPSA) is 93.7 Å². The molecule has 95 heavy (non-hydrogen) atoms. The number of rotatable bonds is 17. The molecule has 476 valence electrons. The summed E-state index contributed by atoms with van der Waals surface area (Å²) < 4.78 is 26.0. The first kappa shape index (κ1) is 63.0. The van der Waals surface area contributed by atoms with Crippen LogP contribution in [-0.4, -0.2) is 31.6 Å². The number of carbonyl (C=O) groups is 3. The normalized spacial score (nSPS) is 14.8. The molecule has 0 saturated heterocycles. The number of benzene rings is 8. The number of carbonyl (C=O) groups excluding carboxylic acids is 3. The lowest BCUT2D eigenvalue weighted by Crippen LogP contribution is -2.18. The van der Waals surface area contributed by atoms with Crippen molar-refractivity contribution in [3.05, 3.63) is 267 Å². The van der Waals surface area contributed by atoms with Gasteiger partial charge in [-0.2, -0.15) is 0 Å². The van der Waals surface area contributed by atoms with Gasteiger partial charge < -0.3 is 27.9 Å². The second-order valence-corrected chi connectivity index (χ2v) is 29.2. The minimum atomic E-state index is -0.483. The third kappa shape index (κ3) is 13.1. The molecule has 12 heteroatoms. The largest absolute Gasteiger partial charge is 0.426 e. The van der Waals surface area contributed by atoms with Crippen LogP contribution >= 0.6 is 34.8 Å². The summed E-state index contributed by atoms with van der Waals surface area (Å²) in [6.07, 6.45) is 6.26. The third-order valence-corrected chi connectivity index (χ3v) is 19.4. The maximum absolute atomic E-state index is 14.9. The second kappa shape index (κ2) is 25.4. The van der Waals surface area contributed by atoms with Gasteiger partial charge in [-0.25, -0.2) is 0 Å². The van der Waals surface area contributed by atoms with Gasteiger partial charge in [-0.1, -0.05) is 228 Å². The molecular weight excluding hydrogens is 1240 g/mol. The van der Waals surface area contributed by atoms with E-state index in [-0.39, 0.29) is 53.0 Å². The van der Waals surface area contributed by atoms with Gasteiger partial charge in [-0.3, -0.25) is 14.4 Å². The number of fused-ring (bicyclic) bond motifs is 3. The highest BCUT2D eigenvalue weighted by Gasteiger charge is 2.40. The van der Waals surface area contributed by atoms with Crippen molar-refractivity contribution in [2.45, 2.75) is 99.7 Å². The van der Waals surface area contributed by atoms with Crippen molar-refractivity contribution < 1.29 is 28.6 Å². The van der Waals surface area contributed by atoms with E-state index in [9.17, 15) is 14.4 Å². The lowest BCUT2D eigenvalue weighted by atomic mass is 9.86. The summed E-state index contributed by atoms with van der Waals surface area (Å²) in [4.78, 5) is 44.0. The Morgan fingerprint density at radius 3 is 0.947 bits per heavy atom. The van der Waals surface area contributed by atoms with Crippen molar-refractivity contribution in [1.82, 2.24) is 13.7 Å². The number of aromatic nitrogens is 3. The molecule has 3 aliphatic rings. The Labute approximate surface area is 570 Å². The predicted molar refractivity (Wildman–Crippen MR) is 383 cm³/mol. The average molecular weight is 1310 g/mol. The van der Waals surface area contributed by atoms with Gasteiger partial charge in [0.25, 0.3) is 0 Å². The molecule has 0 atom stereocenters. The van der Waals surface area contributed by atoms with Crippen LogP contribution in [0, 0.1) is 16.2 Å². The molecule has 0 bridgehead atoms. The van der Waals surface area contributed by atoms with Gasteiger partial charge in [0.1, 0.15) is 17.2 Å². The highest BCUT2D eigenvalue weighted by Crippen LogP contribution is 2.51. The standard InChI is InChI=1S/C83H72Cl3N3O6/c1-81(2)46-69-78(54-16-10-7-11-17-54)75(57-26-32-60(84)33-27-57)66(87(69)49-81)43-72(90)93-63-38-24-52(25-39-63)22-23-53-40-64(94-73(91)44-67-76(58-28-34-61(85)35-29-58)79(55-18-12-8-13-19-55)70-47-82(3,4)50-88(67)70)42-65(41-53)95-74(92)45-68-77(59-30-36-62(86)37-31-59)80(56-20-14-9-15-21-56)71-48-83(5,6)51-89(68)71/h7-42H,43-51H2,1-6H3/b23-22+. The van der Waals surface area contributed by atoms with Gasteiger partial charge in [0.2, 0.25) is 0 Å². The number of esters is 3. The zero-order chi connectivity index (χ0) is 65.9. The number of nitrogens with zero attached hydrogens (tertiary/aromatic N) is 3. The molecule has 0 amide bonds. The molecule has 9 nitrogen and oxygen atoms in total. The summed E-state index contributed by atoms with van der Waals surface area (Å²) in [7, 11) is 0. The Morgan fingerprint density at radius 1 is 0.347 bits per heavy atom. The van der Waals surface area contributed by atoms with Crippen molar-refractivity contribution >= 4 is 64.9 Å². The van der Waals surface area contributed by atoms with Crippen molar-refractivity contribution in [1.29, 1.82) is 0 Å². The fraction of sp³-hybridized carbons (Fsp3) is 0.217. The molecule has 0 fully saturated rings. The first-order valence-electron chi connectivity index (χ1n) is 32.4. The minimum absolute atomic E-state index is 0.00661. The molecule has 14 rings (SSSR count). The fourth-order valence-corrected chi connectivity index (χ4v) is 15.1. The van der Waals surface area contributed by atoms with E-state index >= 15 is 0 Å². The van der Waals surface area contributed by atoms with Crippen molar-refractivity contribution in [3.8, 4) is 84.0 Å². The zero-order valence-corrected chi connectivity index (χ0v) is 56.3. The Balaban J connectivity index is 0.780. The molecule has 0 spiro atoms. The van der Waals surface area contributed by atoms with Crippen LogP contribution < -0.4 is 14.2 Å². The molecule has 0 radical (unpaired) electrons. The quantitative estimate of drug-likeness (QED) is 0.0512. The van der Waals surface area contributed by atoms with E-state index in [0.29, 0.717) is 39.5 Å². The third-order valence-electron chi connectivity index (χ3n) is 18.6. The van der Waals surface area contributed by atoms with Crippen LogP contribution in [-0.2, 0) is 72.5 Å². The van der Waals surface area contributed by atoms with Crippen LogP contribution in [0.4, 0.5) is 0 Å². The Morgan fingerprint density at radius 2 is 0.632 bits per heavy atom. The van der Waals surface area contributed by atoms with Crippen molar-refractivity contribution in [2.24, 2.45) is 16.2 Å². The van der Waals surface area contributed by atoms with Crippen LogP contribution in [0.2, 0.25) is 15.1 Å². The smallest absolute Gasteiger partial charge is 0.317 e. The molecular formula is C83H72Cl3N3O6. The summed E-state index contributed by atoms with van der Waals surface area (Å²) in [6, 6.07) is 67.0. The van der Waals surface area contributed by atoms with Gasteiger partial charge >= 0.3 is 17.9 Å². The van der Waals surface area contributed by atoms with Crippen molar-refractivity contribution in [3.63, 3.8) is 0 Å². The molecule has 0 aliphatic carbocycles. The maximum Gasteiger partial charge on any atom is 0.317 e. The number of ether oxygens (including phenoxy) is 3. The second-order valence-electron chi connectivity index (χ2n) is 27.9. The van der Waals surface area contributed by atoms with Crippen LogP contribution in [0.1, 0.15) is 86.8 Å². The summed E-state index contributed by atoms with van der Waals surface area (Å²) in [5.74, 6) is -0.532. The van der Waals surface area contributed by atoms with E-state index in [4.69, 9.17) is 49.0 Å². The highest BCUT2D eigenvalue weighted by molar-refractivity contribution is 6.31. The summed E-state index contributed by atoms with van der Waals surface area (Å²) in [5, 5.41) is 1.87. The fourth-order valence-electron chi connectivity index (χ4n) is 14.7. The molecule has 3 aromatic heterocycles. The first-order valence-corrected chi connectivity index (χ1v) is 33.5. The zero-order valence-electron chi connectivity index (χ0n) is 54.1. The van der Waals surface area contributed by atoms with Crippen LogP contribution in [0.25, 0.3) is 78.9 Å². The van der Waals surface area contributed by atoms with Gasteiger partial charge in [-0.15, -0.1) is 0 Å². The molecule has 11 aromatic rings. The maximum atomic E-state index is 14.9. The SMILES string of the molecule is CC1(C)Cc2c(-c3ccccc3)c(-c3ccc(Cl)cc3)c(CC(=O)Oc3ccc(/C=C/c4cc(OC(=O)Cc5c(-c6ccc(Cl)cc6)c(-c6ccccc6)c6n5CC(C)(C)C6)cc(OC(=O)Cc5c(-c6ccc(Cl)cc6)c(-c6ccccc6)c6n5CC(C)(C)C6)c4)cc3)n2C1. The van der Waals surface area contributed by atoms with Crippen LogP contribution in [0.5, 0.6) is 17.2 Å². The minimum Gasteiger partial charge on any atom is -0.426 e. The number of hydrogen-bond donors (Lipinski definition) is 0. The monoisotopic (exact) mass is 1310 g/mol. The first-order chi connectivity index (χ1) is 45.7. The Bertz CT molecular complexity index is 4600. The van der Waals surface area contributed by atoms with Gasteiger partial charge in [-0.05, 0) is 141 Å². The van der Waals surface area contributed by atoms with Gasteiger partial charge in [0.05, 0.1) is 19.3 Å². The van der Waals surface area contributed by atoms with E-state index in [2.05, 4.69) is 104 Å². The molecule has 0 unspecified atom stereocenters. The van der Waals surface area contributed by atoms with Crippen LogP contribution in [0.15, 0.2) is 206 Å². The van der Waals surface area contributed by atoms with Gasteiger partial charge in [0.15, 0.2) is 0 Å². The Kier molecular flexibility index (Phi) is 16.9. The van der Waals surface area contributed by atoms with E-state index in [1.54, 1.807) is 30.3 Å². The summed E-state index contributed by atoms with van der Waals surface area (Å²) in [5.41, 5.74) is 19.8. The highest BCUT2D eigenvalue weighted by atomic mass is 35.5. The summed E-state index contributed by atoms with van der Waals surface area (Å²) >= 11 is 19.4. The number of hydrogen-bond acceptors (Lipinski definition) is 6. The lowest BCUT2D eigenvalue weighted by Gasteiger charge is -2.19. The molecule has 8 aromatic carbocycles. The molecule has 0 saturated carbocycles. The number of halogens is 3. The summed E-state index contributed by atoms with van der Waals surface area (Å²) in [6.45, 7) is 15.8. The predicted octanol–water partition coefficient (Wildman–Crippen LogP) is 20.4. The lowest BCUT2D eigenvalue weighted by molar-refractivity contribution is -0.134. The van der Waals surface area contributed by atoms with E-state index in [1.165, 1.54) is 17.1 Å². The van der Waals surface area contributed by atoms with E-state index in [1.807, 2.05) is 140 Å². The van der Waals surface area contributed by atoms with Gasteiger partial charge in [0, 0.05) is 108 Å². The molecule has 0 N–H and O–H groups in total.